The smallest absolute Gasteiger partial charge is 0.320 e. The summed E-state index contributed by atoms with van der Waals surface area (Å²) in [6.07, 6.45) is 3.09. The number of esters is 1. The van der Waals surface area contributed by atoms with Crippen LogP contribution in [0, 0.1) is 23.7 Å². The van der Waals surface area contributed by atoms with Gasteiger partial charge in [0.25, 0.3) is 0 Å². The Morgan fingerprint density at radius 1 is 1.05 bits per heavy atom. The molecule has 0 amide bonds. The van der Waals surface area contributed by atoms with Crippen LogP contribution in [0.5, 0.6) is 0 Å². The second-order valence-electron chi connectivity index (χ2n) is 8.06. The Morgan fingerprint density at radius 3 is 2.14 bits per heavy atom. The summed E-state index contributed by atoms with van der Waals surface area (Å²) in [4.78, 5) is 24.3. The van der Waals surface area contributed by atoms with Gasteiger partial charge in [-0.05, 0) is 57.2 Å². The van der Waals surface area contributed by atoms with Crippen LogP contribution in [-0.2, 0) is 18.8 Å². The Bertz CT molecular complexity index is 400. The van der Waals surface area contributed by atoms with E-state index < -0.39 is 26.2 Å². The van der Waals surface area contributed by atoms with Crippen LogP contribution in [0.15, 0.2) is 0 Å². The normalized spacial score (nSPS) is 27.4. The van der Waals surface area contributed by atoms with Gasteiger partial charge < -0.3 is 9.16 Å². The zero-order valence-electron chi connectivity index (χ0n) is 15.1. The van der Waals surface area contributed by atoms with E-state index in [1.807, 2.05) is 19.6 Å². The first-order chi connectivity index (χ1) is 10.0. The average Bonchev–Trinajstić information content (AvgIpc) is 2.35. The minimum absolute atomic E-state index is 0.0709. The number of hydrogen-bond donors (Lipinski definition) is 0. The second-order valence-corrected chi connectivity index (χ2v) is 12.5. The van der Waals surface area contributed by atoms with Gasteiger partial charge in [0.2, 0.25) is 8.32 Å². The maximum absolute atomic E-state index is 12.3. The van der Waals surface area contributed by atoms with Crippen LogP contribution in [0.2, 0.25) is 19.6 Å². The fourth-order valence-electron chi connectivity index (χ4n) is 2.99. The molecule has 1 rings (SSSR count). The summed E-state index contributed by atoms with van der Waals surface area (Å²) in [5, 5.41) is 0. The summed E-state index contributed by atoms with van der Waals surface area (Å²) in [6.45, 7) is 13.9. The van der Waals surface area contributed by atoms with Crippen LogP contribution in [-0.4, -0.2) is 26.4 Å². The highest BCUT2D eigenvalue weighted by Crippen LogP contribution is 2.35. The van der Waals surface area contributed by atoms with Crippen molar-refractivity contribution in [2.45, 2.75) is 72.7 Å². The molecule has 0 aromatic rings. The highest BCUT2D eigenvalue weighted by atomic mass is 28.4. The first-order valence-corrected chi connectivity index (χ1v) is 11.9. The van der Waals surface area contributed by atoms with Crippen molar-refractivity contribution >= 4 is 20.3 Å². The van der Waals surface area contributed by atoms with Crippen LogP contribution in [0.4, 0.5) is 0 Å². The van der Waals surface area contributed by atoms with Crippen molar-refractivity contribution in [2.75, 3.05) is 0 Å². The van der Waals surface area contributed by atoms with Crippen molar-refractivity contribution in [3.63, 3.8) is 0 Å². The lowest BCUT2D eigenvalue weighted by atomic mass is 9.75. The molecule has 22 heavy (non-hydrogen) atoms. The Hall–Kier alpha value is -0.843. The lowest BCUT2D eigenvalue weighted by Crippen LogP contribution is -2.40. The summed E-state index contributed by atoms with van der Waals surface area (Å²) < 4.78 is 11.1. The fourth-order valence-corrected chi connectivity index (χ4v) is 3.77. The van der Waals surface area contributed by atoms with Crippen LogP contribution in [0.1, 0.15) is 47.0 Å². The van der Waals surface area contributed by atoms with E-state index in [9.17, 15) is 9.59 Å². The second kappa shape index (κ2) is 7.62. The summed E-state index contributed by atoms with van der Waals surface area (Å²) in [5.41, 5.74) is 0. The predicted molar refractivity (Wildman–Crippen MR) is 89.8 cm³/mol. The summed E-state index contributed by atoms with van der Waals surface area (Å²) >= 11 is 0. The SMILES string of the molecule is CC1CCC(C(C)C)C(OC(=O)C(C)C(=O)O[Si](C)(C)C)C1. The lowest BCUT2D eigenvalue weighted by Gasteiger charge is -2.37. The van der Waals surface area contributed by atoms with E-state index in [-0.39, 0.29) is 6.10 Å². The Kier molecular flexibility index (Phi) is 6.65. The Morgan fingerprint density at radius 2 is 1.64 bits per heavy atom. The monoisotopic (exact) mass is 328 g/mol. The van der Waals surface area contributed by atoms with Gasteiger partial charge in [-0.2, -0.15) is 0 Å². The zero-order chi connectivity index (χ0) is 17.1. The third-order valence-corrected chi connectivity index (χ3v) is 5.16. The van der Waals surface area contributed by atoms with Crippen molar-refractivity contribution in [1.29, 1.82) is 0 Å². The molecule has 128 valence electrons. The van der Waals surface area contributed by atoms with Crippen LogP contribution in [0.3, 0.4) is 0 Å². The van der Waals surface area contributed by atoms with Crippen LogP contribution in [0.25, 0.3) is 0 Å². The number of ether oxygens (including phenoxy) is 1. The highest BCUT2D eigenvalue weighted by Gasteiger charge is 2.36. The van der Waals surface area contributed by atoms with E-state index in [0.29, 0.717) is 17.8 Å². The molecule has 0 spiro atoms. The first-order valence-electron chi connectivity index (χ1n) is 8.44. The van der Waals surface area contributed by atoms with E-state index in [1.54, 1.807) is 6.92 Å². The zero-order valence-corrected chi connectivity index (χ0v) is 16.1. The molecule has 0 aliphatic heterocycles. The van der Waals surface area contributed by atoms with Crippen molar-refractivity contribution in [3.05, 3.63) is 0 Å². The number of hydrogen-bond acceptors (Lipinski definition) is 4. The molecule has 1 aliphatic rings. The molecule has 4 atom stereocenters. The van der Waals surface area contributed by atoms with Gasteiger partial charge >= 0.3 is 11.9 Å². The molecule has 1 aliphatic carbocycles. The molecule has 0 aromatic heterocycles. The van der Waals surface area contributed by atoms with Crippen LogP contribution >= 0.6 is 0 Å². The van der Waals surface area contributed by atoms with Gasteiger partial charge in [-0.3, -0.25) is 9.59 Å². The standard InChI is InChI=1S/C17H32O4Si/c1-11(2)14-9-8-12(3)10-15(14)20-16(18)13(4)17(19)21-22(5,6)7/h11-15H,8-10H2,1-7H3. The van der Waals surface area contributed by atoms with E-state index >= 15 is 0 Å². The fraction of sp³-hybridized carbons (Fsp3) is 0.882. The number of rotatable bonds is 5. The molecule has 0 N–H and O–H groups in total. The van der Waals surface area contributed by atoms with Crippen LogP contribution < -0.4 is 0 Å². The largest absolute Gasteiger partial charge is 0.519 e. The molecule has 5 heteroatoms. The third kappa shape index (κ3) is 5.74. The van der Waals surface area contributed by atoms with E-state index in [1.165, 1.54) is 6.42 Å². The van der Waals surface area contributed by atoms with Gasteiger partial charge in [0.05, 0.1) is 0 Å². The average molecular weight is 329 g/mol. The van der Waals surface area contributed by atoms with Gasteiger partial charge in [-0.15, -0.1) is 0 Å². The molecule has 4 unspecified atom stereocenters. The molecule has 4 nitrogen and oxygen atoms in total. The summed E-state index contributed by atoms with van der Waals surface area (Å²) in [6, 6.07) is 0. The Balaban J connectivity index is 2.66. The molecule has 0 radical (unpaired) electrons. The van der Waals surface area contributed by atoms with E-state index in [4.69, 9.17) is 9.16 Å². The third-order valence-electron chi connectivity index (χ3n) is 4.34. The quantitative estimate of drug-likeness (QED) is 0.435. The molecule has 0 bridgehead atoms. The minimum atomic E-state index is -1.98. The molecule has 1 saturated carbocycles. The number of carbonyl (C=O) groups excluding carboxylic acids is 2. The molecule has 0 heterocycles. The Labute approximate surface area is 136 Å². The van der Waals surface area contributed by atoms with E-state index in [2.05, 4.69) is 20.8 Å². The first kappa shape index (κ1) is 19.2. The summed E-state index contributed by atoms with van der Waals surface area (Å²) in [5.74, 6) is -0.286. The number of carbonyl (C=O) groups is 2. The van der Waals surface area contributed by atoms with E-state index in [0.717, 1.165) is 12.8 Å². The maximum atomic E-state index is 12.3. The van der Waals surface area contributed by atoms with Gasteiger partial charge in [-0.1, -0.05) is 27.2 Å². The molecular weight excluding hydrogens is 296 g/mol. The molecule has 1 fully saturated rings. The predicted octanol–water partition coefficient (Wildman–Crippen LogP) is 4.00. The molecule has 0 aromatic carbocycles. The van der Waals surface area contributed by atoms with Crippen molar-refractivity contribution in [3.8, 4) is 0 Å². The maximum Gasteiger partial charge on any atom is 0.320 e. The lowest BCUT2D eigenvalue weighted by molar-refractivity contribution is -0.165. The topological polar surface area (TPSA) is 52.6 Å². The van der Waals surface area contributed by atoms with Gasteiger partial charge in [0.15, 0.2) is 0 Å². The van der Waals surface area contributed by atoms with Gasteiger partial charge in [0.1, 0.15) is 12.0 Å². The molecular formula is C17H32O4Si. The minimum Gasteiger partial charge on any atom is -0.519 e. The van der Waals surface area contributed by atoms with Gasteiger partial charge in [0, 0.05) is 0 Å². The molecule has 0 saturated heterocycles. The highest BCUT2D eigenvalue weighted by molar-refractivity contribution is 6.71. The van der Waals surface area contributed by atoms with Crippen molar-refractivity contribution in [2.24, 2.45) is 23.7 Å². The summed E-state index contributed by atoms with van der Waals surface area (Å²) in [7, 11) is -1.98. The van der Waals surface area contributed by atoms with Gasteiger partial charge in [-0.25, -0.2) is 0 Å². The van der Waals surface area contributed by atoms with Crippen molar-refractivity contribution < 1.29 is 18.8 Å². The van der Waals surface area contributed by atoms with Crippen molar-refractivity contribution in [1.82, 2.24) is 0 Å².